The van der Waals surface area contributed by atoms with Crippen molar-refractivity contribution in [2.24, 2.45) is 0 Å². The number of hydrogen-bond donors (Lipinski definition) is 1. The van der Waals surface area contributed by atoms with Gasteiger partial charge in [0.15, 0.2) is 0 Å². The minimum atomic E-state index is -4.23. The monoisotopic (exact) mass is 472 g/mol. The van der Waals surface area contributed by atoms with E-state index in [-0.39, 0.29) is 4.90 Å². The molecule has 0 amide bonds. The van der Waals surface area contributed by atoms with Crippen LogP contribution in [0.25, 0.3) is 11.1 Å². The molecule has 0 aliphatic carbocycles. The zero-order chi connectivity index (χ0) is 23.8. The van der Waals surface area contributed by atoms with Crippen LogP contribution in [-0.4, -0.2) is 13.0 Å². The van der Waals surface area contributed by atoms with Crippen molar-refractivity contribution in [1.82, 2.24) is 0 Å². The molecule has 0 aromatic heterocycles. The summed E-state index contributed by atoms with van der Waals surface area (Å²) in [4.78, 5) is -0.0415. The first-order chi connectivity index (χ1) is 16.0. The summed E-state index contributed by atoms with van der Waals surface area (Å²) in [7, 11) is -4.23. The number of aryl methyl sites for hydroxylation is 1. The Labute approximate surface area is 202 Å². The number of hydrogen-bond acceptors (Lipinski definition) is 2. The molecule has 0 spiro atoms. The molecule has 184 valence electrons. The second kappa shape index (κ2) is 16.1. The molecule has 2 aromatic rings. The molecule has 3 nitrogen and oxygen atoms in total. The summed E-state index contributed by atoms with van der Waals surface area (Å²) in [6.45, 7) is 2.28. The van der Waals surface area contributed by atoms with Gasteiger partial charge in [0.05, 0.1) is 0 Å². The van der Waals surface area contributed by atoms with Crippen LogP contribution in [0.3, 0.4) is 0 Å². The lowest BCUT2D eigenvalue weighted by Gasteiger charge is -2.08. The van der Waals surface area contributed by atoms with Crippen molar-refractivity contribution in [3.05, 3.63) is 54.1 Å². The largest absolute Gasteiger partial charge is 0.295 e. The molecule has 33 heavy (non-hydrogen) atoms. The molecule has 2 aromatic carbocycles. The molecule has 0 saturated carbocycles. The van der Waals surface area contributed by atoms with Gasteiger partial charge < -0.3 is 0 Å². The molecular formula is C29H44O3S. The van der Waals surface area contributed by atoms with Crippen LogP contribution in [0.15, 0.2) is 53.4 Å². The average Bonchev–Trinajstić information content (AvgIpc) is 2.81. The van der Waals surface area contributed by atoms with Gasteiger partial charge in [0.25, 0.3) is 10.1 Å². The standard InChI is InChI=1S/C29H44O3S/c1-2-3-4-5-6-7-8-9-10-11-12-13-14-15-16-19-26-22-24-27(25-23-26)28-20-17-18-21-29(28)33(30,31)32/h17-18,20-25H,2-16,19H2,1H3,(H,30,31,32). The van der Waals surface area contributed by atoms with Crippen molar-refractivity contribution in [3.63, 3.8) is 0 Å². The Bertz CT molecular complexity index is 872. The molecule has 0 saturated heterocycles. The Morgan fingerprint density at radius 3 is 1.55 bits per heavy atom. The lowest BCUT2D eigenvalue weighted by Crippen LogP contribution is -2.00. The minimum absolute atomic E-state index is 0.0415. The Balaban J connectivity index is 1.53. The maximum Gasteiger partial charge on any atom is 0.295 e. The van der Waals surface area contributed by atoms with Gasteiger partial charge in [-0.25, -0.2) is 0 Å². The molecule has 0 heterocycles. The van der Waals surface area contributed by atoms with Crippen LogP contribution < -0.4 is 0 Å². The van der Waals surface area contributed by atoms with E-state index in [0.717, 1.165) is 12.0 Å². The third kappa shape index (κ3) is 11.4. The van der Waals surface area contributed by atoms with Crippen LogP contribution in [0.1, 0.15) is 109 Å². The van der Waals surface area contributed by atoms with E-state index in [9.17, 15) is 13.0 Å². The maximum atomic E-state index is 11.6. The van der Waals surface area contributed by atoms with Crippen molar-refractivity contribution in [2.45, 2.75) is 115 Å². The first-order valence-electron chi connectivity index (χ1n) is 13.2. The van der Waals surface area contributed by atoms with Crippen molar-refractivity contribution in [3.8, 4) is 11.1 Å². The van der Waals surface area contributed by atoms with E-state index in [1.165, 1.54) is 108 Å². The summed E-state index contributed by atoms with van der Waals surface area (Å²) in [5.41, 5.74) is 2.62. The molecule has 0 radical (unpaired) electrons. The van der Waals surface area contributed by atoms with E-state index in [1.54, 1.807) is 18.2 Å². The third-order valence-corrected chi connectivity index (χ3v) is 7.41. The van der Waals surface area contributed by atoms with Gasteiger partial charge in [-0.3, -0.25) is 4.55 Å². The molecule has 0 aliphatic rings. The van der Waals surface area contributed by atoms with E-state index >= 15 is 0 Å². The normalized spacial score (nSPS) is 11.7. The summed E-state index contributed by atoms with van der Waals surface area (Å²) in [6, 6.07) is 14.6. The zero-order valence-corrected chi connectivity index (χ0v) is 21.4. The van der Waals surface area contributed by atoms with Crippen LogP contribution in [0.4, 0.5) is 0 Å². The topological polar surface area (TPSA) is 54.4 Å². The first-order valence-corrected chi connectivity index (χ1v) is 14.6. The quantitative estimate of drug-likeness (QED) is 0.174. The van der Waals surface area contributed by atoms with Crippen LogP contribution in [0.5, 0.6) is 0 Å². The van der Waals surface area contributed by atoms with Gasteiger partial charge >= 0.3 is 0 Å². The highest BCUT2D eigenvalue weighted by Crippen LogP contribution is 2.27. The Hall–Kier alpha value is -1.65. The van der Waals surface area contributed by atoms with Gasteiger partial charge in [-0.05, 0) is 30.0 Å². The average molecular weight is 473 g/mol. The molecule has 2 rings (SSSR count). The maximum absolute atomic E-state index is 11.6. The fourth-order valence-corrected chi connectivity index (χ4v) is 5.20. The fraction of sp³-hybridized carbons (Fsp3) is 0.586. The Morgan fingerprint density at radius 2 is 1.06 bits per heavy atom. The molecule has 0 atom stereocenters. The van der Waals surface area contributed by atoms with Crippen molar-refractivity contribution < 1.29 is 13.0 Å². The zero-order valence-electron chi connectivity index (χ0n) is 20.6. The Kier molecular flexibility index (Phi) is 13.4. The molecule has 1 N–H and O–H groups in total. The fourth-order valence-electron chi connectivity index (χ4n) is 4.48. The highest BCUT2D eigenvalue weighted by Gasteiger charge is 2.15. The van der Waals surface area contributed by atoms with Crippen LogP contribution in [0.2, 0.25) is 0 Å². The lowest BCUT2D eigenvalue weighted by molar-refractivity contribution is 0.483. The van der Waals surface area contributed by atoms with Gasteiger partial charge in [-0.1, -0.05) is 139 Å². The predicted octanol–water partition coefficient (Wildman–Crippen LogP) is 9.01. The third-order valence-electron chi connectivity index (χ3n) is 6.50. The molecule has 0 unspecified atom stereocenters. The van der Waals surface area contributed by atoms with Gasteiger partial charge in [-0.2, -0.15) is 8.42 Å². The molecule has 0 bridgehead atoms. The summed E-state index contributed by atoms with van der Waals surface area (Å²) < 4.78 is 32.7. The van der Waals surface area contributed by atoms with E-state index in [4.69, 9.17) is 0 Å². The molecule has 4 heteroatoms. The SMILES string of the molecule is CCCCCCCCCCCCCCCCCc1ccc(-c2ccccc2S(=O)(=O)O)cc1. The van der Waals surface area contributed by atoms with E-state index in [1.807, 2.05) is 12.1 Å². The summed E-state index contributed by atoms with van der Waals surface area (Å²) >= 11 is 0. The molecular weight excluding hydrogens is 428 g/mol. The van der Waals surface area contributed by atoms with Gasteiger partial charge in [0, 0.05) is 5.56 Å². The van der Waals surface area contributed by atoms with Crippen molar-refractivity contribution in [1.29, 1.82) is 0 Å². The highest BCUT2D eigenvalue weighted by atomic mass is 32.2. The first kappa shape index (κ1) is 27.6. The van der Waals surface area contributed by atoms with Crippen LogP contribution >= 0.6 is 0 Å². The minimum Gasteiger partial charge on any atom is -0.282 e. The summed E-state index contributed by atoms with van der Waals surface area (Å²) in [5.74, 6) is 0. The molecule has 0 fully saturated rings. The van der Waals surface area contributed by atoms with Crippen LogP contribution in [0, 0.1) is 0 Å². The van der Waals surface area contributed by atoms with E-state index < -0.39 is 10.1 Å². The van der Waals surface area contributed by atoms with Crippen molar-refractivity contribution in [2.75, 3.05) is 0 Å². The Morgan fingerprint density at radius 1 is 0.606 bits per heavy atom. The van der Waals surface area contributed by atoms with Crippen LogP contribution in [-0.2, 0) is 16.5 Å². The number of unbranched alkanes of at least 4 members (excludes halogenated alkanes) is 14. The van der Waals surface area contributed by atoms with E-state index in [2.05, 4.69) is 19.1 Å². The van der Waals surface area contributed by atoms with E-state index in [0.29, 0.717) is 5.56 Å². The second-order valence-corrected chi connectivity index (χ2v) is 10.8. The van der Waals surface area contributed by atoms with Gasteiger partial charge in [0.1, 0.15) is 4.90 Å². The lowest BCUT2D eigenvalue weighted by atomic mass is 10.0. The summed E-state index contributed by atoms with van der Waals surface area (Å²) in [6.07, 6.45) is 21.6. The number of benzene rings is 2. The van der Waals surface area contributed by atoms with Gasteiger partial charge in [-0.15, -0.1) is 0 Å². The van der Waals surface area contributed by atoms with Gasteiger partial charge in [0.2, 0.25) is 0 Å². The number of rotatable bonds is 18. The smallest absolute Gasteiger partial charge is 0.282 e. The second-order valence-electron chi connectivity index (χ2n) is 9.37. The summed E-state index contributed by atoms with van der Waals surface area (Å²) in [5, 5.41) is 0. The predicted molar refractivity (Wildman–Crippen MR) is 140 cm³/mol. The highest BCUT2D eigenvalue weighted by molar-refractivity contribution is 7.86. The van der Waals surface area contributed by atoms with Crippen molar-refractivity contribution >= 4 is 10.1 Å². The molecule has 0 aliphatic heterocycles.